The number of fused-ring (bicyclic) bond motifs is 1. The fourth-order valence-electron chi connectivity index (χ4n) is 1.83. The van der Waals surface area contributed by atoms with Crippen LogP contribution < -0.4 is 21.2 Å². The molecule has 2 aromatic rings. The second-order valence-corrected chi connectivity index (χ2v) is 3.86. The van der Waals surface area contributed by atoms with E-state index < -0.39 is 0 Å². The van der Waals surface area contributed by atoms with Crippen LogP contribution in [0.1, 0.15) is 5.56 Å². The molecule has 0 aliphatic heterocycles. The van der Waals surface area contributed by atoms with Crippen molar-refractivity contribution >= 4 is 16.9 Å². The first-order chi connectivity index (χ1) is 8.20. The van der Waals surface area contributed by atoms with Gasteiger partial charge in [0, 0.05) is 23.5 Å². The molecule has 0 saturated carbocycles. The molecule has 0 spiro atoms. The molecular formula is C12H17N4O+. The van der Waals surface area contributed by atoms with Gasteiger partial charge in [-0.2, -0.15) is 0 Å². The Morgan fingerprint density at radius 1 is 1.41 bits per heavy atom. The lowest BCUT2D eigenvalue weighted by Gasteiger charge is -2.00. The van der Waals surface area contributed by atoms with Crippen LogP contribution in [0.25, 0.3) is 10.9 Å². The van der Waals surface area contributed by atoms with Crippen LogP contribution in [-0.2, 0) is 6.42 Å². The Bertz CT molecular complexity index is 540. The van der Waals surface area contributed by atoms with E-state index in [1.54, 1.807) is 7.11 Å². The van der Waals surface area contributed by atoms with Gasteiger partial charge in [0.2, 0.25) is 0 Å². The summed E-state index contributed by atoms with van der Waals surface area (Å²) in [5, 5.41) is 1.17. The van der Waals surface area contributed by atoms with Crippen LogP contribution in [0.4, 0.5) is 0 Å². The summed E-state index contributed by atoms with van der Waals surface area (Å²) in [5.41, 5.74) is 13.0. The molecule has 0 amide bonds. The van der Waals surface area contributed by atoms with E-state index in [9.17, 15) is 0 Å². The fourth-order valence-corrected chi connectivity index (χ4v) is 1.83. The highest BCUT2D eigenvalue weighted by Gasteiger charge is 2.04. The highest BCUT2D eigenvalue weighted by atomic mass is 16.5. The summed E-state index contributed by atoms with van der Waals surface area (Å²) in [4.78, 5) is 6.13. The second kappa shape index (κ2) is 4.78. The lowest BCUT2D eigenvalue weighted by molar-refractivity contribution is -0.458. The number of guanidine groups is 1. The molecule has 2 rings (SSSR count). The number of methoxy groups -OCH3 is 1. The molecular weight excluding hydrogens is 216 g/mol. The van der Waals surface area contributed by atoms with Crippen molar-refractivity contribution in [3.63, 3.8) is 0 Å². The van der Waals surface area contributed by atoms with E-state index in [0.29, 0.717) is 6.54 Å². The largest absolute Gasteiger partial charge is 0.497 e. The van der Waals surface area contributed by atoms with Crippen molar-refractivity contribution in [3.05, 3.63) is 30.0 Å². The Labute approximate surface area is 99.5 Å². The van der Waals surface area contributed by atoms with Crippen molar-refractivity contribution in [3.8, 4) is 5.75 Å². The van der Waals surface area contributed by atoms with Crippen molar-refractivity contribution in [1.82, 2.24) is 4.98 Å². The lowest BCUT2D eigenvalue weighted by atomic mass is 10.1. The van der Waals surface area contributed by atoms with Crippen molar-refractivity contribution in [2.45, 2.75) is 6.42 Å². The monoisotopic (exact) mass is 233 g/mol. The SMILES string of the molecule is COc1ccc2[nH]cc(CC[NH+]=C(N)N)c2c1. The average Bonchev–Trinajstić information content (AvgIpc) is 2.71. The first-order valence-corrected chi connectivity index (χ1v) is 5.46. The molecule has 0 fully saturated rings. The highest BCUT2D eigenvalue weighted by molar-refractivity contribution is 5.84. The minimum Gasteiger partial charge on any atom is -0.497 e. The normalized spacial score (nSPS) is 10.4. The van der Waals surface area contributed by atoms with E-state index in [4.69, 9.17) is 16.2 Å². The number of aromatic amines is 1. The fraction of sp³-hybridized carbons (Fsp3) is 0.250. The quantitative estimate of drug-likeness (QED) is 0.406. The summed E-state index contributed by atoms with van der Waals surface area (Å²) in [6.45, 7) is 0.715. The maximum Gasteiger partial charge on any atom is 0.338 e. The van der Waals surface area contributed by atoms with Gasteiger partial charge in [0.05, 0.1) is 13.7 Å². The first kappa shape index (κ1) is 11.3. The molecule has 5 heteroatoms. The van der Waals surface area contributed by atoms with Crippen LogP contribution in [0.15, 0.2) is 24.4 Å². The zero-order chi connectivity index (χ0) is 12.3. The Hall–Kier alpha value is -2.17. The number of H-pyrrole nitrogens is 1. The molecule has 0 aliphatic rings. The topological polar surface area (TPSA) is 91.0 Å². The number of nitrogens with one attached hydrogen (secondary N) is 2. The van der Waals surface area contributed by atoms with Crippen LogP contribution in [0, 0.1) is 0 Å². The van der Waals surface area contributed by atoms with Gasteiger partial charge in [-0.15, -0.1) is 0 Å². The maximum absolute atomic E-state index is 5.35. The Balaban J connectivity index is 2.25. The molecule has 0 bridgehead atoms. The summed E-state index contributed by atoms with van der Waals surface area (Å²) >= 11 is 0. The van der Waals surface area contributed by atoms with Gasteiger partial charge >= 0.3 is 5.96 Å². The van der Waals surface area contributed by atoms with Gasteiger partial charge in [-0.3, -0.25) is 16.5 Å². The van der Waals surface area contributed by atoms with E-state index >= 15 is 0 Å². The summed E-state index contributed by atoms with van der Waals surface area (Å²) in [5.74, 6) is 1.11. The molecule has 1 aromatic carbocycles. The van der Waals surface area contributed by atoms with Crippen LogP contribution >= 0.6 is 0 Å². The molecule has 0 atom stereocenters. The number of hydrogen-bond acceptors (Lipinski definition) is 1. The Kier molecular flexibility index (Phi) is 3.18. The van der Waals surface area contributed by atoms with Crippen LogP contribution in [0.3, 0.4) is 0 Å². The number of aromatic nitrogens is 1. The van der Waals surface area contributed by atoms with Gasteiger partial charge < -0.3 is 9.72 Å². The van der Waals surface area contributed by atoms with E-state index in [2.05, 4.69) is 9.98 Å². The Morgan fingerprint density at radius 2 is 2.24 bits per heavy atom. The van der Waals surface area contributed by atoms with E-state index in [1.807, 2.05) is 24.4 Å². The van der Waals surface area contributed by atoms with E-state index in [-0.39, 0.29) is 5.96 Å². The molecule has 0 saturated heterocycles. The van der Waals surface area contributed by atoms with Gasteiger partial charge in [-0.25, -0.2) is 0 Å². The molecule has 1 heterocycles. The van der Waals surface area contributed by atoms with E-state index in [0.717, 1.165) is 17.7 Å². The summed E-state index contributed by atoms with van der Waals surface area (Å²) in [6.07, 6.45) is 2.85. The summed E-state index contributed by atoms with van der Waals surface area (Å²) < 4.78 is 5.22. The smallest absolute Gasteiger partial charge is 0.338 e. The highest BCUT2D eigenvalue weighted by Crippen LogP contribution is 2.23. The van der Waals surface area contributed by atoms with Crippen molar-refractivity contribution < 1.29 is 9.73 Å². The molecule has 17 heavy (non-hydrogen) atoms. The van der Waals surface area contributed by atoms with E-state index in [1.165, 1.54) is 10.9 Å². The third-order valence-electron chi connectivity index (χ3n) is 2.70. The molecule has 1 aromatic heterocycles. The molecule has 90 valence electrons. The van der Waals surface area contributed by atoms with Gasteiger partial charge in [0.25, 0.3) is 0 Å². The van der Waals surface area contributed by atoms with Crippen molar-refractivity contribution in [2.75, 3.05) is 13.7 Å². The molecule has 0 aliphatic carbocycles. The number of nitrogens with two attached hydrogens (primary N) is 2. The maximum atomic E-state index is 5.35. The van der Waals surface area contributed by atoms with Crippen molar-refractivity contribution in [1.29, 1.82) is 0 Å². The number of benzene rings is 1. The third-order valence-corrected chi connectivity index (χ3v) is 2.70. The van der Waals surface area contributed by atoms with Gasteiger partial charge in [-0.1, -0.05) is 0 Å². The summed E-state index contributed by atoms with van der Waals surface area (Å²) in [6, 6.07) is 5.97. The Morgan fingerprint density at radius 3 is 2.94 bits per heavy atom. The number of hydrogen-bond donors (Lipinski definition) is 4. The summed E-state index contributed by atoms with van der Waals surface area (Å²) in [7, 11) is 1.67. The van der Waals surface area contributed by atoms with Crippen LogP contribution in [-0.4, -0.2) is 24.6 Å². The number of ether oxygens (including phenoxy) is 1. The standard InChI is InChI=1S/C12H16N4O/c1-17-9-2-3-11-10(6-9)8(7-16-11)4-5-15-12(13)14/h2-3,6-7,16H,4-5H2,1H3,(H4,13,14,15)/p+1. The van der Waals surface area contributed by atoms with Gasteiger partial charge in [0.1, 0.15) is 5.75 Å². The first-order valence-electron chi connectivity index (χ1n) is 5.46. The molecule has 0 radical (unpaired) electrons. The molecule has 5 nitrogen and oxygen atoms in total. The third kappa shape index (κ3) is 2.50. The zero-order valence-electron chi connectivity index (χ0n) is 9.79. The van der Waals surface area contributed by atoms with Crippen LogP contribution in [0.5, 0.6) is 5.75 Å². The van der Waals surface area contributed by atoms with Crippen LogP contribution in [0.2, 0.25) is 0 Å². The van der Waals surface area contributed by atoms with Gasteiger partial charge in [0.15, 0.2) is 0 Å². The predicted octanol–water partition coefficient (Wildman–Crippen LogP) is -0.927. The molecule has 0 unspecified atom stereocenters. The predicted molar refractivity (Wildman–Crippen MR) is 67.8 cm³/mol. The lowest BCUT2D eigenvalue weighted by Crippen LogP contribution is -2.78. The zero-order valence-corrected chi connectivity index (χ0v) is 9.79. The van der Waals surface area contributed by atoms with Gasteiger partial charge in [-0.05, 0) is 23.8 Å². The van der Waals surface area contributed by atoms with Crippen molar-refractivity contribution in [2.24, 2.45) is 11.5 Å². The molecule has 6 N–H and O–H groups in total. The number of rotatable bonds is 4. The minimum absolute atomic E-state index is 0.252. The minimum atomic E-state index is 0.252. The average molecular weight is 233 g/mol. The second-order valence-electron chi connectivity index (χ2n) is 3.86.